The van der Waals surface area contributed by atoms with E-state index in [0.717, 1.165) is 6.07 Å². The highest BCUT2D eigenvalue weighted by molar-refractivity contribution is 6.32. The Morgan fingerprint density at radius 1 is 1.60 bits per heavy atom. The number of carboxylic acids is 1. The molecular weight excluding hydrogens is 223 g/mol. The van der Waals surface area contributed by atoms with E-state index in [-0.39, 0.29) is 34.7 Å². The van der Waals surface area contributed by atoms with Crippen LogP contribution in [-0.4, -0.2) is 16.2 Å². The van der Waals surface area contributed by atoms with Gasteiger partial charge in [0.25, 0.3) is 0 Å². The summed E-state index contributed by atoms with van der Waals surface area (Å²) in [6.07, 6.45) is -0.112. The number of rotatable bonds is 3. The molecule has 0 aliphatic carbocycles. The van der Waals surface area contributed by atoms with Gasteiger partial charge in [-0.05, 0) is 25.0 Å². The van der Waals surface area contributed by atoms with Crippen LogP contribution in [0.4, 0.5) is 4.39 Å². The molecule has 0 unspecified atom stereocenters. The molecule has 15 heavy (non-hydrogen) atoms. The number of carbonyl (C=O) groups is 1. The summed E-state index contributed by atoms with van der Waals surface area (Å²) in [6.45, 7) is 1.47. The molecule has 0 amide bonds. The van der Waals surface area contributed by atoms with Crippen LogP contribution in [0.2, 0.25) is 5.02 Å². The Morgan fingerprint density at radius 2 is 2.20 bits per heavy atom. The van der Waals surface area contributed by atoms with Crippen molar-refractivity contribution in [3.63, 3.8) is 0 Å². The van der Waals surface area contributed by atoms with Gasteiger partial charge in [0, 0.05) is 12.0 Å². The lowest BCUT2D eigenvalue weighted by Gasteiger charge is -2.09. The van der Waals surface area contributed by atoms with E-state index in [0.29, 0.717) is 0 Å². The first-order chi connectivity index (χ1) is 6.93. The van der Waals surface area contributed by atoms with Gasteiger partial charge in [-0.3, -0.25) is 4.79 Å². The number of phenolic OH excluding ortho intramolecular Hbond substituents is 1. The third-order valence-electron chi connectivity index (χ3n) is 2.17. The summed E-state index contributed by atoms with van der Waals surface area (Å²) in [5, 5.41) is 17.9. The van der Waals surface area contributed by atoms with Crippen LogP contribution in [0, 0.1) is 12.7 Å². The van der Waals surface area contributed by atoms with Crippen molar-refractivity contribution in [3.8, 4) is 5.75 Å². The Morgan fingerprint density at radius 3 is 2.73 bits per heavy atom. The van der Waals surface area contributed by atoms with Gasteiger partial charge in [0.05, 0.1) is 5.02 Å². The first kappa shape index (κ1) is 11.8. The number of carboxylic acid groups (broad SMARTS) is 1. The highest BCUT2D eigenvalue weighted by atomic mass is 35.5. The Kier molecular flexibility index (Phi) is 3.52. The van der Waals surface area contributed by atoms with E-state index in [1.165, 1.54) is 6.92 Å². The lowest BCUT2D eigenvalue weighted by atomic mass is 10.0. The molecule has 82 valence electrons. The number of halogens is 2. The summed E-state index contributed by atoms with van der Waals surface area (Å²) in [7, 11) is 0. The van der Waals surface area contributed by atoms with Crippen molar-refractivity contribution in [1.29, 1.82) is 0 Å². The summed E-state index contributed by atoms with van der Waals surface area (Å²) < 4.78 is 13.2. The summed E-state index contributed by atoms with van der Waals surface area (Å²) >= 11 is 5.57. The largest absolute Gasteiger partial charge is 0.506 e. The second-order valence-corrected chi connectivity index (χ2v) is 3.59. The first-order valence-corrected chi connectivity index (χ1v) is 4.69. The van der Waals surface area contributed by atoms with Crippen LogP contribution in [-0.2, 0) is 11.2 Å². The van der Waals surface area contributed by atoms with Gasteiger partial charge in [-0.1, -0.05) is 11.6 Å². The number of hydrogen-bond acceptors (Lipinski definition) is 2. The highest BCUT2D eigenvalue weighted by Gasteiger charge is 2.14. The van der Waals surface area contributed by atoms with Crippen LogP contribution in [0.5, 0.6) is 5.75 Å². The van der Waals surface area contributed by atoms with E-state index in [9.17, 15) is 14.3 Å². The van der Waals surface area contributed by atoms with E-state index in [4.69, 9.17) is 16.7 Å². The third-order valence-corrected chi connectivity index (χ3v) is 2.45. The monoisotopic (exact) mass is 232 g/mol. The summed E-state index contributed by atoms with van der Waals surface area (Å²) in [6, 6.07) is 1.01. The second kappa shape index (κ2) is 4.49. The van der Waals surface area contributed by atoms with E-state index in [1.807, 2.05) is 0 Å². The molecular formula is C10H10ClFO3. The van der Waals surface area contributed by atoms with E-state index < -0.39 is 11.8 Å². The highest BCUT2D eigenvalue weighted by Crippen LogP contribution is 2.32. The standard InChI is InChI=1S/C10H10ClFO3/c1-5-6(2-3-9(13)14)10(15)7(11)4-8(5)12/h4,15H,2-3H2,1H3,(H,13,14). The fourth-order valence-electron chi connectivity index (χ4n) is 1.29. The Bertz CT molecular complexity index is 378. The third kappa shape index (κ3) is 2.59. The van der Waals surface area contributed by atoms with Crippen molar-refractivity contribution in [3.05, 3.63) is 28.0 Å². The molecule has 2 N–H and O–H groups in total. The van der Waals surface area contributed by atoms with Crippen molar-refractivity contribution in [2.45, 2.75) is 19.8 Å². The van der Waals surface area contributed by atoms with E-state index in [1.54, 1.807) is 0 Å². The summed E-state index contributed by atoms with van der Waals surface area (Å²) in [5.41, 5.74) is 0.487. The Hall–Kier alpha value is -1.29. The lowest BCUT2D eigenvalue weighted by molar-refractivity contribution is -0.136. The average Bonchev–Trinajstić information content (AvgIpc) is 2.14. The van der Waals surface area contributed by atoms with Gasteiger partial charge >= 0.3 is 5.97 Å². The molecule has 5 heteroatoms. The molecule has 0 atom stereocenters. The summed E-state index contributed by atoms with van der Waals surface area (Å²) in [4.78, 5) is 10.4. The van der Waals surface area contributed by atoms with Crippen LogP contribution in [0.3, 0.4) is 0 Å². The van der Waals surface area contributed by atoms with Gasteiger partial charge in [-0.15, -0.1) is 0 Å². The molecule has 1 aromatic carbocycles. The predicted molar refractivity (Wildman–Crippen MR) is 53.8 cm³/mol. The molecule has 3 nitrogen and oxygen atoms in total. The van der Waals surface area contributed by atoms with Gasteiger partial charge in [0.1, 0.15) is 11.6 Å². The van der Waals surface area contributed by atoms with Crippen LogP contribution < -0.4 is 0 Å². The quantitative estimate of drug-likeness (QED) is 0.842. The van der Waals surface area contributed by atoms with Crippen molar-refractivity contribution >= 4 is 17.6 Å². The van der Waals surface area contributed by atoms with Gasteiger partial charge in [0.15, 0.2) is 0 Å². The van der Waals surface area contributed by atoms with Crippen molar-refractivity contribution in [2.75, 3.05) is 0 Å². The molecule has 0 spiro atoms. The smallest absolute Gasteiger partial charge is 0.303 e. The van der Waals surface area contributed by atoms with Gasteiger partial charge in [-0.2, -0.15) is 0 Å². The van der Waals surface area contributed by atoms with Crippen LogP contribution >= 0.6 is 11.6 Å². The normalized spacial score (nSPS) is 10.3. The number of benzene rings is 1. The van der Waals surface area contributed by atoms with Gasteiger partial charge in [0.2, 0.25) is 0 Å². The molecule has 0 saturated heterocycles. The Labute approximate surface area is 91.1 Å². The van der Waals surface area contributed by atoms with Crippen molar-refractivity contribution < 1.29 is 19.4 Å². The molecule has 0 aromatic heterocycles. The summed E-state index contributed by atoms with van der Waals surface area (Å²) in [5.74, 6) is -1.79. The maximum Gasteiger partial charge on any atom is 0.303 e. The maximum absolute atomic E-state index is 13.2. The minimum Gasteiger partial charge on any atom is -0.506 e. The number of hydrogen-bond donors (Lipinski definition) is 2. The van der Waals surface area contributed by atoms with Gasteiger partial charge < -0.3 is 10.2 Å². The zero-order valence-electron chi connectivity index (χ0n) is 8.05. The molecule has 1 aromatic rings. The van der Waals surface area contributed by atoms with Crippen LogP contribution in [0.15, 0.2) is 6.07 Å². The van der Waals surface area contributed by atoms with E-state index in [2.05, 4.69) is 0 Å². The van der Waals surface area contributed by atoms with Gasteiger partial charge in [-0.25, -0.2) is 4.39 Å². The molecule has 0 bridgehead atoms. The minimum atomic E-state index is -1.01. The zero-order chi connectivity index (χ0) is 11.6. The molecule has 0 aliphatic heterocycles. The zero-order valence-corrected chi connectivity index (χ0v) is 8.81. The fraction of sp³-hybridized carbons (Fsp3) is 0.300. The lowest BCUT2D eigenvalue weighted by Crippen LogP contribution is -2.01. The minimum absolute atomic E-state index is 0.0600. The second-order valence-electron chi connectivity index (χ2n) is 3.19. The molecule has 0 saturated carbocycles. The maximum atomic E-state index is 13.2. The van der Waals surface area contributed by atoms with Crippen LogP contribution in [0.25, 0.3) is 0 Å². The first-order valence-electron chi connectivity index (χ1n) is 4.31. The number of phenols is 1. The molecule has 0 aliphatic rings. The molecule has 1 rings (SSSR count). The Balaban J connectivity index is 3.09. The van der Waals surface area contributed by atoms with Crippen LogP contribution in [0.1, 0.15) is 17.5 Å². The van der Waals surface area contributed by atoms with Crippen molar-refractivity contribution in [1.82, 2.24) is 0 Å². The molecule has 0 heterocycles. The van der Waals surface area contributed by atoms with E-state index >= 15 is 0 Å². The predicted octanol–water partition coefficient (Wildman–Crippen LogP) is 2.51. The SMILES string of the molecule is Cc1c(F)cc(Cl)c(O)c1CCC(=O)O. The molecule has 0 fully saturated rings. The fourth-order valence-corrected chi connectivity index (χ4v) is 1.50. The average molecular weight is 233 g/mol. The number of aliphatic carboxylic acids is 1. The molecule has 0 radical (unpaired) electrons. The number of aromatic hydroxyl groups is 1. The van der Waals surface area contributed by atoms with Crippen molar-refractivity contribution in [2.24, 2.45) is 0 Å². The topological polar surface area (TPSA) is 57.5 Å².